The molecule has 0 unspecified atom stereocenters. The zero-order valence-electron chi connectivity index (χ0n) is 8.40. The first-order valence-corrected chi connectivity index (χ1v) is 5.68. The number of hydrogen-bond acceptors (Lipinski definition) is 2. The number of benzene rings is 1. The molecule has 1 fully saturated rings. The van der Waals surface area contributed by atoms with E-state index < -0.39 is 0 Å². The standard InChI is InChI=1S/C11H12ClNOS/c1-13(7-2-3-7)11(14)9-6-8(15)4-5-10(9)12/h4-7,15H,2-3H2,1H3. The van der Waals surface area contributed by atoms with Gasteiger partial charge in [-0.3, -0.25) is 4.79 Å². The summed E-state index contributed by atoms with van der Waals surface area (Å²) in [5.74, 6) is -0.0154. The predicted octanol–water partition coefficient (Wildman–Crippen LogP) is 2.86. The summed E-state index contributed by atoms with van der Waals surface area (Å²) in [6.07, 6.45) is 2.20. The number of carbonyl (C=O) groups excluding carboxylic acids is 1. The van der Waals surface area contributed by atoms with Crippen LogP contribution < -0.4 is 0 Å². The molecule has 1 amide bonds. The minimum Gasteiger partial charge on any atom is -0.339 e. The summed E-state index contributed by atoms with van der Waals surface area (Å²) in [6.45, 7) is 0. The van der Waals surface area contributed by atoms with Crippen molar-refractivity contribution in [3.8, 4) is 0 Å². The van der Waals surface area contributed by atoms with Crippen LogP contribution >= 0.6 is 24.2 Å². The van der Waals surface area contributed by atoms with Gasteiger partial charge in [-0.25, -0.2) is 0 Å². The molecular weight excluding hydrogens is 230 g/mol. The number of hydrogen-bond donors (Lipinski definition) is 1. The molecule has 2 nitrogen and oxygen atoms in total. The summed E-state index contributed by atoms with van der Waals surface area (Å²) in [5.41, 5.74) is 0.540. The molecule has 80 valence electrons. The molecule has 1 aromatic rings. The molecule has 0 aromatic heterocycles. The molecule has 1 saturated carbocycles. The highest BCUT2D eigenvalue weighted by molar-refractivity contribution is 7.80. The van der Waals surface area contributed by atoms with E-state index in [2.05, 4.69) is 12.6 Å². The van der Waals surface area contributed by atoms with Crippen LogP contribution in [0.4, 0.5) is 0 Å². The zero-order chi connectivity index (χ0) is 11.0. The molecule has 2 rings (SSSR count). The fraction of sp³-hybridized carbons (Fsp3) is 0.364. The maximum absolute atomic E-state index is 12.0. The van der Waals surface area contributed by atoms with Crippen LogP contribution in [0, 0.1) is 0 Å². The number of halogens is 1. The van der Waals surface area contributed by atoms with E-state index in [4.69, 9.17) is 11.6 Å². The smallest absolute Gasteiger partial charge is 0.255 e. The Labute approximate surface area is 99.6 Å². The number of amides is 1. The highest BCUT2D eigenvalue weighted by Crippen LogP contribution is 2.28. The van der Waals surface area contributed by atoms with Gasteiger partial charge in [-0.05, 0) is 31.0 Å². The van der Waals surface area contributed by atoms with Gasteiger partial charge in [0.05, 0.1) is 10.6 Å². The van der Waals surface area contributed by atoms with Crippen molar-refractivity contribution in [2.75, 3.05) is 7.05 Å². The van der Waals surface area contributed by atoms with Gasteiger partial charge in [-0.1, -0.05) is 11.6 Å². The van der Waals surface area contributed by atoms with Crippen molar-refractivity contribution in [2.24, 2.45) is 0 Å². The van der Waals surface area contributed by atoms with Crippen LogP contribution in [0.5, 0.6) is 0 Å². The summed E-state index contributed by atoms with van der Waals surface area (Å²) in [6, 6.07) is 5.60. The number of thiol groups is 1. The average Bonchev–Trinajstić information content (AvgIpc) is 3.03. The summed E-state index contributed by atoms with van der Waals surface area (Å²) >= 11 is 10.2. The van der Waals surface area contributed by atoms with Gasteiger partial charge in [0, 0.05) is 18.0 Å². The van der Waals surface area contributed by atoms with Gasteiger partial charge in [-0.15, -0.1) is 12.6 Å². The van der Waals surface area contributed by atoms with Crippen molar-refractivity contribution in [3.05, 3.63) is 28.8 Å². The molecule has 0 heterocycles. The first-order valence-electron chi connectivity index (χ1n) is 4.85. The van der Waals surface area contributed by atoms with E-state index in [1.165, 1.54) is 0 Å². The minimum absolute atomic E-state index is 0.0154. The summed E-state index contributed by atoms with van der Waals surface area (Å²) in [4.78, 5) is 14.5. The number of rotatable bonds is 2. The normalized spacial score (nSPS) is 15.1. The summed E-state index contributed by atoms with van der Waals surface area (Å²) in [7, 11) is 1.82. The van der Waals surface area contributed by atoms with Gasteiger partial charge >= 0.3 is 0 Å². The van der Waals surface area contributed by atoms with Crippen molar-refractivity contribution in [1.29, 1.82) is 0 Å². The monoisotopic (exact) mass is 241 g/mol. The molecule has 0 spiro atoms. The van der Waals surface area contributed by atoms with Crippen LogP contribution in [0.2, 0.25) is 5.02 Å². The predicted molar refractivity (Wildman–Crippen MR) is 63.8 cm³/mol. The summed E-state index contributed by atoms with van der Waals surface area (Å²) in [5, 5.41) is 0.491. The Hall–Kier alpha value is -0.670. The molecule has 15 heavy (non-hydrogen) atoms. The molecule has 4 heteroatoms. The Morgan fingerprint density at radius 3 is 2.80 bits per heavy atom. The third-order valence-electron chi connectivity index (χ3n) is 2.60. The molecule has 0 bridgehead atoms. The SMILES string of the molecule is CN(C(=O)c1cc(S)ccc1Cl)C1CC1. The van der Waals surface area contributed by atoms with E-state index >= 15 is 0 Å². The highest BCUT2D eigenvalue weighted by atomic mass is 35.5. The lowest BCUT2D eigenvalue weighted by Crippen LogP contribution is -2.28. The van der Waals surface area contributed by atoms with Crippen LogP contribution in [-0.2, 0) is 0 Å². The third-order valence-corrected chi connectivity index (χ3v) is 3.20. The summed E-state index contributed by atoms with van der Waals surface area (Å²) < 4.78 is 0. The molecular formula is C11H12ClNOS. The van der Waals surface area contributed by atoms with E-state index in [0.29, 0.717) is 16.6 Å². The molecule has 1 aliphatic rings. The molecule has 0 radical (unpaired) electrons. The van der Waals surface area contributed by atoms with Crippen LogP contribution in [0.15, 0.2) is 23.1 Å². The lowest BCUT2D eigenvalue weighted by molar-refractivity contribution is 0.0785. The van der Waals surface area contributed by atoms with Gasteiger partial charge in [-0.2, -0.15) is 0 Å². The second kappa shape index (κ2) is 4.06. The quantitative estimate of drug-likeness (QED) is 0.790. The van der Waals surface area contributed by atoms with Crippen molar-refractivity contribution in [2.45, 2.75) is 23.8 Å². The molecule has 0 saturated heterocycles. The second-order valence-electron chi connectivity index (χ2n) is 3.81. The first kappa shape index (κ1) is 10.8. The number of nitrogens with zero attached hydrogens (tertiary/aromatic N) is 1. The maximum atomic E-state index is 12.0. The lowest BCUT2D eigenvalue weighted by atomic mass is 10.2. The van der Waals surface area contributed by atoms with Gasteiger partial charge in [0.1, 0.15) is 0 Å². The van der Waals surface area contributed by atoms with Crippen LogP contribution in [0.1, 0.15) is 23.2 Å². The zero-order valence-corrected chi connectivity index (χ0v) is 10.1. The Morgan fingerprint density at radius 2 is 2.20 bits per heavy atom. The van der Waals surface area contributed by atoms with Crippen LogP contribution in [-0.4, -0.2) is 23.9 Å². The Bertz CT molecular complexity index is 404. The minimum atomic E-state index is -0.0154. The maximum Gasteiger partial charge on any atom is 0.255 e. The Morgan fingerprint density at radius 1 is 1.53 bits per heavy atom. The van der Waals surface area contributed by atoms with E-state index in [1.54, 1.807) is 23.1 Å². The van der Waals surface area contributed by atoms with E-state index in [9.17, 15) is 4.79 Å². The van der Waals surface area contributed by atoms with Crippen LogP contribution in [0.3, 0.4) is 0 Å². The fourth-order valence-corrected chi connectivity index (χ4v) is 1.90. The van der Waals surface area contributed by atoms with Gasteiger partial charge in [0.25, 0.3) is 5.91 Å². The van der Waals surface area contributed by atoms with Crippen molar-refractivity contribution >= 4 is 30.1 Å². The van der Waals surface area contributed by atoms with Crippen molar-refractivity contribution < 1.29 is 4.79 Å². The lowest BCUT2D eigenvalue weighted by Gasteiger charge is -2.17. The first-order chi connectivity index (χ1) is 7.09. The average molecular weight is 242 g/mol. The second-order valence-corrected chi connectivity index (χ2v) is 4.73. The highest BCUT2D eigenvalue weighted by Gasteiger charge is 2.30. The van der Waals surface area contributed by atoms with Crippen molar-refractivity contribution in [1.82, 2.24) is 4.90 Å². The molecule has 1 aromatic carbocycles. The Kier molecular flexibility index (Phi) is 2.94. The molecule has 0 N–H and O–H groups in total. The third kappa shape index (κ3) is 2.29. The van der Waals surface area contributed by atoms with E-state index in [-0.39, 0.29) is 5.91 Å². The Balaban J connectivity index is 2.27. The van der Waals surface area contributed by atoms with E-state index in [0.717, 1.165) is 17.7 Å². The van der Waals surface area contributed by atoms with Gasteiger partial charge in [0.15, 0.2) is 0 Å². The van der Waals surface area contributed by atoms with E-state index in [1.807, 2.05) is 7.05 Å². The largest absolute Gasteiger partial charge is 0.339 e. The number of carbonyl (C=O) groups is 1. The molecule has 1 aliphatic carbocycles. The fourth-order valence-electron chi connectivity index (χ4n) is 1.49. The topological polar surface area (TPSA) is 20.3 Å². The molecule has 0 atom stereocenters. The molecule has 0 aliphatic heterocycles. The van der Waals surface area contributed by atoms with Crippen molar-refractivity contribution in [3.63, 3.8) is 0 Å². The van der Waals surface area contributed by atoms with Gasteiger partial charge < -0.3 is 4.90 Å². The van der Waals surface area contributed by atoms with Crippen LogP contribution in [0.25, 0.3) is 0 Å². The van der Waals surface area contributed by atoms with Gasteiger partial charge in [0.2, 0.25) is 0 Å².